The molecule has 0 N–H and O–H groups in total. The second-order valence-electron chi connectivity index (χ2n) is 3.70. The molecule has 10 heavy (non-hydrogen) atoms. The first-order valence-corrected chi connectivity index (χ1v) is 4.34. The lowest BCUT2D eigenvalue weighted by Gasteiger charge is -2.37. The Kier molecular flexibility index (Phi) is 2.18. The van der Waals surface area contributed by atoms with E-state index in [9.17, 15) is 0 Å². The van der Waals surface area contributed by atoms with E-state index < -0.39 is 0 Å². The van der Waals surface area contributed by atoms with Crippen molar-refractivity contribution in [3.63, 3.8) is 0 Å². The third kappa shape index (κ3) is 1.12. The zero-order valence-corrected chi connectivity index (χ0v) is 7.57. The molecule has 1 rings (SSSR count). The molecule has 0 heteroatoms. The van der Waals surface area contributed by atoms with Gasteiger partial charge in [-0.05, 0) is 38.5 Å². The van der Waals surface area contributed by atoms with Crippen LogP contribution in [-0.2, 0) is 0 Å². The summed E-state index contributed by atoms with van der Waals surface area (Å²) >= 11 is 0. The van der Waals surface area contributed by atoms with Crippen molar-refractivity contribution in [2.24, 2.45) is 11.8 Å². The third-order valence-corrected chi connectivity index (χ3v) is 2.68. The molecule has 1 aliphatic carbocycles. The van der Waals surface area contributed by atoms with Crippen LogP contribution in [0.1, 0.15) is 40.5 Å². The van der Waals surface area contributed by atoms with Gasteiger partial charge in [-0.1, -0.05) is 25.0 Å². The summed E-state index contributed by atoms with van der Waals surface area (Å²) in [6.07, 6.45) is 2.77. The van der Waals surface area contributed by atoms with Gasteiger partial charge in [-0.3, -0.25) is 0 Å². The van der Waals surface area contributed by atoms with Crippen molar-refractivity contribution < 1.29 is 0 Å². The molecule has 0 aliphatic heterocycles. The van der Waals surface area contributed by atoms with Gasteiger partial charge in [0.25, 0.3) is 0 Å². The molecule has 0 saturated heterocycles. The van der Waals surface area contributed by atoms with Gasteiger partial charge in [0.05, 0.1) is 0 Å². The first kappa shape index (κ1) is 7.84. The van der Waals surface area contributed by atoms with Gasteiger partial charge in [0.1, 0.15) is 0 Å². The van der Waals surface area contributed by atoms with Gasteiger partial charge in [0, 0.05) is 0 Å². The Morgan fingerprint density at radius 3 is 2.30 bits per heavy atom. The van der Waals surface area contributed by atoms with Gasteiger partial charge in [0.2, 0.25) is 0 Å². The summed E-state index contributed by atoms with van der Waals surface area (Å²) in [5.41, 5.74) is 3.30. The van der Waals surface area contributed by atoms with Crippen LogP contribution >= 0.6 is 0 Å². The lowest BCUT2D eigenvalue weighted by atomic mass is 9.68. The highest BCUT2D eigenvalue weighted by molar-refractivity contribution is 5.23. The molecule has 0 nitrogen and oxygen atoms in total. The Hall–Kier alpha value is -0.260. The van der Waals surface area contributed by atoms with Crippen molar-refractivity contribution in [3.05, 3.63) is 11.1 Å². The molecule has 0 aromatic carbocycles. The van der Waals surface area contributed by atoms with Crippen molar-refractivity contribution in [1.29, 1.82) is 0 Å². The average molecular weight is 138 g/mol. The van der Waals surface area contributed by atoms with E-state index in [0.29, 0.717) is 0 Å². The average Bonchev–Trinajstić information content (AvgIpc) is 1.80. The predicted molar refractivity (Wildman–Crippen MR) is 45.9 cm³/mol. The maximum Gasteiger partial charge on any atom is -0.0195 e. The van der Waals surface area contributed by atoms with Crippen LogP contribution < -0.4 is 0 Å². The number of rotatable bonds is 1. The predicted octanol–water partition coefficient (Wildman–Crippen LogP) is 3.39. The SMILES string of the molecule is CCC1CC(C)C1=C(C)C. The van der Waals surface area contributed by atoms with Crippen LogP contribution in [0.25, 0.3) is 0 Å². The Labute approximate surface area is 64.3 Å². The standard InChI is InChI=1S/C10H18/c1-5-9-6-8(4)10(9)7(2)3/h8-9H,5-6H2,1-4H3. The molecule has 0 bridgehead atoms. The van der Waals surface area contributed by atoms with E-state index in [-0.39, 0.29) is 0 Å². The third-order valence-electron chi connectivity index (χ3n) is 2.68. The van der Waals surface area contributed by atoms with Gasteiger partial charge in [-0.25, -0.2) is 0 Å². The molecule has 0 aromatic rings. The Bertz CT molecular complexity index is 149. The highest BCUT2D eigenvalue weighted by Gasteiger charge is 2.30. The van der Waals surface area contributed by atoms with Crippen molar-refractivity contribution in [2.45, 2.75) is 40.5 Å². The Balaban J connectivity index is 2.65. The smallest absolute Gasteiger partial charge is 0.0195 e. The fourth-order valence-corrected chi connectivity index (χ4v) is 2.21. The summed E-state index contributed by atoms with van der Waals surface area (Å²) in [6, 6.07) is 0. The normalized spacial score (nSPS) is 31.8. The highest BCUT2D eigenvalue weighted by Crippen LogP contribution is 2.43. The van der Waals surface area contributed by atoms with E-state index in [2.05, 4.69) is 27.7 Å². The van der Waals surface area contributed by atoms with Gasteiger partial charge in [0.15, 0.2) is 0 Å². The monoisotopic (exact) mass is 138 g/mol. The van der Waals surface area contributed by atoms with Crippen LogP contribution in [0, 0.1) is 11.8 Å². The minimum atomic E-state index is 0.884. The maximum atomic E-state index is 2.34. The van der Waals surface area contributed by atoms with Crippen molar-refractivity contribution in [1.82, 2.24) is 0 Å². The molecular formula is C10H18. The fraction of sp³-hybridized carbons (Fsp3) is 0.800. The lowest BCUT2D eigenvalue weighted by Crippen LogP contribution is -2.25. The first-order chi connectivity index (χ1) is 4.66. The molecule has 2 atom stereocenters. The van der Waals surface area contributed by atoms with E-state index in [1.807, 2.05) is 0 Å². The van der Waals surface area contributed by atoms with Crippen LogP contribution in [0.2, 0.25) is 0 Å². The minimum absolute atomic E-state index is 0.884. The van der Waals surface area contributed by atoms with Gasteiger partial charge >= 0.3 is 0 Å². The molecular weight excluding hydrogens is 120 g/mol. The Morgan fingerprint density at radius 2 is 2.10 bits per heavy atom. The molecule has 1 aliphatic rings. The van der Waals surface area contributed by atoms with Crippen LogP contribution in [0.5, 0.6) is 0 Å². The van der Waals surface area contributed by atoms with Crippen molar-refractivity contribution in [3.8, 4) is 0 Å². The molecule has 0 spiro atoms. The number of allylic oxidation sites excluding steroid dienone is 2. The summed E-state index contributed by atoms with van der Waals surface area (Å²) in [6.45, 7) is 9.12. The topological polar surface area (TPSA) is 0 Å². The largest absolute Gasteiger partial charge is 0.0767 e. The molecule has 0 radical (unpaired) electrons. The summed E-state index contributed by atoms with van der Waals surface area (Å²) in [5.74, 6) is 1.81. The summed E-state index contributed by atoms with van der Waals surface area (Å²) in [5, 5.41) is 0. The van der Waals surface area contributed by atoms with Crippen LogP contribution in [0.15, 0.2) is 11.1 Å². The second-order valence-corrected chi connectivity index (χ2v) is 3.70. The maximum absolute atomic E-state index is 2.34. The van der Waals surface area contributed by atoms with Gasteiger partial charge in [-0.15, -0.1) is 0 Å². The van der Waals surface area contributed by atoms with Crippen LogP contribution in [0.4, 0.5) is 0 Å². The minimum Gasteiger partial charge on any atom is -0.0767 e. The van der Waals surface area contributed by atoms with Gasteiger partial charge < -0.3 is 0 Å². The van der Waals surface area contributed by atoms with Crippen LogP contribution in [-0.4, -0.2) is 0 Å². The highest BCUT2D eigenvalue weighted by atomic mass is 14.4. The fourth-order valence-electron chi connectivity index (χ4n) is 2.21. The van der Waals surface area contributed by atoms with Crippen molar-refractivity contribution in [2.75, 3.05) is 0 Å². The molecule has 0 aromatic heterocycles. The first-order valence-electron chi connectivity index (χ1n) is 4.34. The lowest BCUT2D eigenvalue weighted by molar-refractivity contribution is 0.323. The van der Waals surface area contributed by atoms with E-state index >= 15 is 0 Å². The zero-order valence-electron chi connectivity index (χ0n) is 7.57. The molecule has 1 fully saturated rings. The quantitative estimate of drug-likeness (QED) is 0.487. The van der Waals surface area contributed by atoms with Crippen LogP contribution in [0.3, 0.4) is 0 Å². The Morgan fingerprint density at radius 1 is 1.50 bits per heavy atom. The molecule has 1 saturated carbocycles. The molecule has 58 valence electrons. The summed E-state index contributed by atoms with van der Waals surface area (Å²) < 4.78 is 0. The number of hydrogen-bond acceptors (Lipinski definition) is 0. The summed E-state index contributed by atoms with van der Waals surface area (Å²) in [7, 11) is 0. The zero-order chi connectivity index (χ0) is 7.72. The molecule has 2 unspecified atom stereocenters. The molecule has 0 amide bonds. The number of hydrogen-bond donors (Lipinski definition) is 0. The summed E-state index contributed by atoms with van der Waals surface area (Å²) in [4.78, 5) is 0. The second kappa shape index (κ2) is 2.77. The van der Waals surface area contributed by atoms with Gasteiger partial charge in [-0.2, -0.15) is 0 Å². The van der Waals surface area contributed by atoms with E-state index in [1.165, 1.54) is 12.8 Å². The van der Waals surface area contributed by atoms with E-state index in [4.69, 9.17) is 0 Å². The molecule has 0 heterocycles. The van der Waals surface area contributed by atoms with Crippen molar-refractivity contribution >= 4 is 0 Å². The van der Waals surface area contributed by atoms with E-state index in [0.717, 1.165) is 11.8 Å². The van der Waals surface area contributed by atoms with E-state index in [1.54, 1.807) is 11.1 Å².